The van der Waals surface area contributed by atoms with E-state index in [4.69, 9.17) is 22.1 Å². The second-order valence-electron chi connectivity index (χ2n) is 8.06. The van der Waals surface area contributed by atoms with E-state index in [-0.39, 0.29) is 38.6 Å². The van der Waals surface area contributed by atoms with Crippen molar-refractivity contribution in [3.63, 3.8) is 0 Å². The fraction of sp³-hybridized carbons (Fsp3) is 0.250. The minimum atomic E-state index is -0.748. The van der Waals surface area contributed by atoms with Crippen LogP contribution in [-0.2, 0) is 17.2 Å². The van der Waals surface area contributed by atoms with E-state index in [1.807, 2.05) is 30.7 Å². The highest BCUT2D eigenvalue weighted by Crippen LogP contribution is 2.38. The molecule has 1 aliphatic heterocycles. The van der Waals surface area contributed by atoms with Crippen LogP contribution >= 0.6 is 11.6 Å². The van der Waals surface area contributed by atoms with Gasteiger partial charge in [-0.1, -0.05) is 17.7 Å². The van der Waals surface area contributed by atoms with E-state index >= 15 is 0 Å². The van der Waals surface area contributed by atoms with E-state index in [0.29, 0.717) is 12.3 Å². The molecule has 33 heavy (non-hydrogen) atoms. The smallest absolute Gasteiger partial charge is 0.254 e. The van der Waals surface area contributed by atoms with Crippen LogP contribution in [0.25, 0.3) is 11.1 Å². The summed E-state index contributed by atoms with van der Waals surface area (Å²) in [6, 6.07) is 10.3. The van der Waals surface area contributed by atoms with Gasteiger partial charge in [0, 0.05) is 36.5 Å². The van der Waals surface area contributed by atoms with Gasteiger partial charge in [-0.25, -0.2) is 13.7 Å². The van der Waals surface area contributed by atoms with Crippen LogP contribution in [-0.4, -0.2) is 35.4 Å². The third-order valence-electron chi connectivity index (χ3n) is 5.40. The maximum Gasteiger partial charge on any atom is 0.254 e. The number of nitrogens with zero attached hydrogens (tertiary/aromatic N) is 3. The van der Waals surface area contributed by atoms with E-state index in [1.165, 1.54) is 12.1 Å². The van der Waals surface area contributed by atoms with Gasteiger partial charge < -0.3 is 15.4 Å². The summed E-state index contributed by atoms with van der Waals surface area (Å²) in [5, 5.41) is -0.150. The number of fused-ring (bicyclic) bond motifs is 5. The Morgan fingerprint density at radius 1 is 1.24 bits per heavy atom. The molecule has 1 unspecified atom stereocenters. The molecule has 172 valence electrons. The average molecular weight is 487 g/mol. The van der Waals surface area contributed by atoms with Crippen LogP contribution in [0.5, 0.6) is 5.75 Å². The molecule has 0 fully saturated rings. The van der Waals surface area contributed by atoms with Gasteiger partial charge in [0.15, 0.2) is 11.6 Å². The standard InChI is InChI=1S/C24H24ClFN4O2S/c1-13-21-17(7-8-19(26)22(21)25)24(31)30(2)12-14-5-6-16(29-33(3)4)10-18(14)15-9-20(32-13)23(27)28-11-15/h5-11,13H,12H2,1-4H3,(H2,27,28). The highest BCUT2D eigenvalue weighted by Gasteiger charge is 2.27. The first-order chi connectivity index (χ1) is 15.7. The van der Waals surface area contributed by atoms with Crippen molar-refractivity contribution < 1.29 is 13.9 Å². The number of hydrogen-bond donors (Lipinski definition) is 1. The molecular weight excluding hydrogens is 463 g/mol. The highest BCUT2D eigenvalue weighted by molar-refractivity contribution is 7.85. The van der Waals surface area contributed by atoms with Crippen molar-refractivity contribution in [3.8, 4) is 16.9 Å². The van der Waals surface area contributed by atoms with Crippen molar-refractivity contribution in [2.24, 2.45) is 4.36 Å². The lowest BCUT2D eigenvalue weighted by Gasteiger charge is -2.25. The van der Waals surface area contributed by atoms with Gasteiger partial charge in [0.1, 0.15) is 11.9 Å². The van der Waals surface area contributed by atoms with Crippen LogP contribution in [0.1, 0.15) is 34.5 Å². The van der Waals surface area contributed by atoms with E-state index < -0.39 is 11.9 Å². The molecule has 1 atom stereocenters. The van der Waals surface area contributed by atoms with Crippen molar-refractivity contribution in [1.82, 2.24) is 9.88 Å². The first-order valence-corrected chi connectivity index (χ1v) is 12.6. The molecule has 0 radical (unpaired) electrons. The zero-order valence-corrected chi connectivity index (χ0v) is 20.3. The van der Waals surface area contributed by atoms with Crippen LogP contribution in [0.15, 0.2) is 47.0 Å². The zero-order chi connectivity index (χ0) is 23.9. The number of rotatable bonds is 1. The summed E-state index contributed by atoms with van der Waals surface area (Å²) in [7, 11) is 1.56. The Balaban J connectivity index is 1.96. The van der Waals surface area contributed by atoms with Crippen LogP contribution in [0.4, 0.5) is 15.9 Å². The van der Waals surface area contributed by atoms with Crippen LogP contribution in [0.3, 0.4) is 0 Å². The third-order valence-corrected chi connectivity index (χ3v) is 6.36. The number of pyridine rings is 1. The lowest BCUT2D eigenvalue weighted by Crippen LogP contribution is -2.28. The van der Waals surface area contributed by atoms with Crippen LogP contribution < -0.4 is 10.5 Å². The largest absolute Gasteiger partial charge is 0.482 e. The van der Waals surface area contributed by atoms with E-state index in [1.54, 1.807) is 31.1 Å². The second-order valence-corrected chi connectivity index (χ2v) is 10.2. The SMILES string of the molecule is CC1Oc2cc(cnc2N)-c2cc(N=S(C)C)ccc2CN(C)C(=O)c2ccc(F)c(Cl)c21. The molecule has 0 spiro atoms. The van der Waals surface area contributed by atoms with Gasteiger partial charge in [0.05, 0.1) is 10.7 Å². The summed E-state index contributed by atoms with van der Waals surface area (Å²) in [6.45, 7) is 2.02. The molecule has 9 heteroatoms. The molecule has 3 aromatic rings. The number of nitrogens with two attached hydrogens (primary N) is 1. The number of amides is 1. The lowest BCUT2D eigenvalue weighted by molar-refractivity contribution is 0.0780. The van der Waals surface area contributed by atoms with Crippen molar-refractivity contribution in [3.05, 3.63) is 70.1 Å². The van der Waals surface area contributed by atoms with E-state index in [9.17, 15) is 9.18 Å². The minimum Gasteiger partial charge on any atom is -0.482 e. The molecule has 2 aromatic carbocycles. The average Bonchev–Trinajstić information content (AvgIpc) is 2.76. The molecule has 1 aromatic heterocycles. The maximum atomic E-state index is 14.3. The third kappa shape index (κ3) is 4.58. The first kappa shape index (κ1) is 23.2. The highest BCUT2D eigenvalue weighted by atomic mass is 35.5. The van der Waals surface area contributed by atoms with Crippen molar-refractivity contribution >= 4 is 39.7 Å². The van der Waals surface area contributed by atoms with Crippen LogP contribution in [0, 0.1) is 5.82 Å². The number of halogens is 2. The Labute approximate surface area is 199 Å². The molecule has 0 aliphatic carbocycles. The fourth-order valence-electron chi connectivity index (χ4n) is 3.87. The number of benzene rings is 2. The Hall–Kier alpha value is -2.97. The van der Waals surface area contributed by atoms with Gasteiger partial charge in [-0.3, -0.25) is 4.79 Å². The van der Waals surface area contributed by atoms with Gasteiger partial charge in [-0.15, -0.1) is 10.7 Å². The first-order valence-electron chi connectivity index (χ1n) is 10.2. The number of nitrogen functional groups attached to an aromatic ring is 1. The van der Waals surface area contributed by atoms with Gasteiger partial charge >= 0.3 is 0 Å². The number of hydrogen-bond acceptors (Lipinski definition) is 5. The van der Waals surface area contributed by atoms with Crippen molar-refractivity contribution in [2.75, 3.05) is 25.3 Å². The second kappa shape index (κ2) is 9.11. The normalized spacial score (nSPS) is 15.8. The number of anilines is 1. The van der Waals surface area contributed by atoms with Crippen molar-refractivity contribution in [2.45, 2.75) is 19.6 Å². The molecule has 2 N–H and O–H groups in total. The molecule has 1 aliphatic rings. The van der Waals surface area contributed by atoms with Gasteiger partial charge in [0.2, 0.25) is 0 Å². The van der Waals surface area contributed by atoms with Gasteiger partial charge in [-0.05, 0) is 60.9 Å². The monoisotopic (exact) mass is 486 g/mol. The summed E-state index contributed by atoms with van der Waals surface area (Å²) in [4.78, 5) is 19.3. The number of aromatic nitrogens is 1. The fourth-order valence-corrected chi connectivity index (χ4v) is 4.72. The lowest BCUT2D eigenvalue weighted by atomic mass is 9.97. The maximum absolute atomic E-state index is 14.3. The Morgan fingerprint density at radius 3 is 2.73 bits per heavy atom. The van der Waals surface area contributed by atoms with E-state index in [2.05, 4.69) is 9.35 Å². The van der Waals surface area contributed by atoms with Crippen LogP contribution in [0.2, 0.25) is 5.02 Å². The molecule has 2 bridgehead atoms. The van der Waals surface area contributed by atoms with E-state index in [0.717, 1.165) is 22.4 Å². The Morgan fingerprint density at radius 2 is 2.00 bits per heavy atom. The number of carbonyl (C=O) groups excluding carboxylic acids is 1. The summed E-state index contributed by atoms with van der Waals surface area (Å²) in [6.07, 6.45) is 4.99. The molecule has 2 heterocycles. The minimum absolute atomic E-state index is 0.135. The number of ether oxygens (including phenoxy) is 1. The summed E-state index contributed by atoms with van der Waals surface area (Å²) >= 11 is 6.29. The quantitative estimate of drug-likeness (QED) is 0.489. The molecule has 0 saturated carbocycles. The molecule has 0 saturated heterocycles. The molecule has 6 nitrogen and oxygen atoms in total. The summed E-state index contributed by atoms with van der Waals surface area (Å²) < 4.78 is 25.1. The van der Waals surface area contributed by atoms with Gasteiger partial charge in [0.25, 0.3) is 5.91 Å². The summed E-state index contributed by atoms with van der Waals surface area (Å²) in [5.41, 5.74) is 10.0. The molecule has 4 rings (SSSR count). The Kier molecular flexibility index (Phi) is 6.41. The molecular formula is C24H24ClFN4O2S. The van der Waals surface area contributed by atoms with Gasteiger partial charge in [-0.2, -0.15) is 0 Å². The Bertz CT molecular complexity index is 1290. The predicted octanol–water partition coefficient (Wildman–Crippen LogP) is 5.54. The number of carbonyl (C=O) groups is 1. The topological polar surface area (TPSA) is 80.8 Å². The predicted molar refractivity (Wildman–Crippen MR) is 132 cm³/mol. The molecule has 1 amide bonds. The zero-order valence-electron chi connectivity index (χ0n) is 18.7. The summed E-state index contributed by atoms with van der Waals surface area (Å²) in [5.74, 6) is -0.403. The van der Waals surface area contributed by atoms with Crippen molar-refractivity contribution in [1.29, 1.82) is 0 Å².